The molecule has 0 bridgehead atoms. The van der Waals surface area contributed by atoms with Crippen LogP contribution in [0.5, 0.6) is 0 Å². The number of carbonyl (C=O) groups is 1. The number of ether oxygens (including phenoxy) is 1. The molecule has 94 valence electrons. The van der Waals surface area contributed by atoms with Crippen molar-refractivity contribution in [3.63, 3.8) is 0 Å². The van der Waals surface area contributed by atoms with Crippen LogP contribution >= 0.6 is 35.0 Å². The monoisotopic (exact) mass is 304 g/mol. The zero-order valence-electron chi connectivity index (χ0n) is 9.02. The number of nitrogens with zero attached hydrogens (tertiary/aromatic N) is 2. The molecule has 0 N–H and O–H groups in total. The van der Waals surface area contributed by atoms with Crippen LogP contribution in [-0.4, -0.2) is 23.0 Å². The Bertz CT molecular complexity index is 568. The fourth-order valence-electron chi connectivity index (χ4n) is 1.08. The highest BCUT2D eigenvalue weighted by Crippen LogP contribution is 2.37. The predicted molar refractivity (Wildman–Crippen MR) is 66.2 cm³/mol. The van der Waals surface area contributed by atoms with Gasteiger partial charge in [0.2, 0.25) is 5.76 Å². The highest BCUT2D eigenvalue weighted by molar-refractivity contribution is 7.99. The summed E-state index contributed by atoms with van der Waals surface area (Å²) >= 11 is 13.0. The second-order valence-electron chi connectivity index (χ2n) is 3.02. The topological polar surface area (TPSA) is 65.2 Å². The van der Waals surface area contributed by atoms with Crippen LogP contribution in [0, 0.1) is 0 Å². The van der Waals surface area contributed by atoms with Crippen LogP contribution in [0.2, 0.25) is 10.0 Å². The number of aromatic nitrogens is 2. The molecule has 2 heterocycles. The second kappa shape index (κ2) is 5.60. The number of esters is 1. The van der Waals surface area contributed by atoms with E-state index in [1.807, 2.05) is 0 Å². The van der Waals surface area contributed by atoms with Gasteiger partial charge in [-0.3, -0.25) is 4.98 Å². The van der Waals surface area contributed by atoms with E-state index in [2.05, 4.69) is 14.7 Å². The number of methoxy groups -OCH3 is 1. The first-order chi connectivity index (χ1) is 8.61. The summed E-state index contributed by atoms with van der Waals surface area (Å²) < 4.78 is 9.69. The fraction of sp³-hybridized carbons (Fsp3) is 0.100. The van der Waals surface area contributed by atoms with Crippen LogP contribution in [0.15, 0.2) is 33.1 Å². The lowest BCUT2D eigenvalue weighted by atomic mass is 10.5. The number of rotatable bonds is 3. The van der Waals surface area contributed by atoms with Crippen LogP contribution < -0.4 is 0 Å². The summed E-state index contributed by atoms with van der Waals surface area (Å²) in [6, 6.07) is 0. The fourth-order valence-corrected chi connectivity index (χ4v) is 2.39. The van der Waals surface area contributed by atoms with E-state index >= 15 is 0 Å². The molecule has 8 heteroatoms. The molecule has 0 aliphatic rings. The Kier molecular flexibility index (Phi) is 4.11. The third-order valence-corrected chi connectivity index (χ3v) is 3.67. The van der Waals surface area contributed by atoms with Gasteiger partial charge < -0.3 is 9.15 Å². The van der Waals surface area contributed by atoms with E-state index < -0.39 is 5.97 Å². The van der Waals surface area contributed by atoms with Gasteiger partial charge >= 0.3 is 5.97 Å². The first kappa shape index (κ1) is 13.2. The van der Waals surface area contributed by atoms with Crippen LogP contribution in [0.1, 0.15) is 10.6 Å². The quantitative estimate of drug-likeness (QED) is 0.811. The van der Waals surface area contributed by atoms with Crippen molar-refractivity contribution in [2.24, 2.45) is 0 Å². The maximum atomic E-state index is 11.2. The molecule has 5 nitrogen and oxygen atoms in total. The van der Waals surface area contributed by atoms with Crippen molar-refractivity contribution in [2.45, 2.75) is 10.1 Å². The molecule has 2 aromatic rings. The van der Waals surface area contributed by atoms with E-state index in [0.717, 1.165) is 11.8 Å². The Hall–Kier alpha value is -1.24. The lowest BCUT2D eigenvalue weighted by Crippen LogP contribution is -1.98. The highest BCUT2D eigenvalue weighted by atomic mass is 35.5. The molecular weight excluding hydrogens is 299 g/mol. The van der Waals surface area contributed by atoms with E-state index in [9.17, 15) is 4.79 Å². The van der Waals surface area contributed by atoms with Gasteiger partial charge in [0, 0.05) is 12.4 Å². The predicted octanol–water partition coefficient (Wildman–Crippen LogP) is 3.31. The lowest BCUT2D eigenvalue weighted by molar-refractivity contribution is 0.0559. The van der Waals surface area contributed by atoms with Crippen molar-refractivity contribution in [3.8, 4) is 0 Å². The standard InChI is InChI=1S/C10H6Cl2N2O3S/c1-16-9(15)7-4-14-10(17-7)18-8-5(11)2-13-3-6(8)12/h2-4H,1H3. The van der Waals surface area contributed by atoms with Gasteiger partial charge in [-0.1, -0.05) is 23.2 Å². The Labute approximate surface area is 116 Å². The Morgan fingerprint density at radius 3 is 2.61 bits per heavy atom. The summed E-state index contributed by atoms with van der Waals surface area (Å²) in [4.78, 5) is 19.5. The van der Waals surface area contributed by atoms with Gasteiger partial charge in [0.25, 0.3) is 5.22 Å². The zero-order valence-corrected chi connectivity index (χ0v) is 11.3. The molecule has 2 aromatic heterocycles. The van der Waals surface area contributed by atoms with Crippen molar-refractivity contribution in [3.05, 3.63) is 34.4 Å². The van der Waals surface area contributed by atoms with E-state index in [4.69, 9.17) is 27.6 Å². The summed E-state index contributed by atoms with van der Waals surface area (Å²) in [6.45, 7) is 0. The smallest absolute Gasteiger partial charge is 0.375 e. The van der Waals surface area contributed by atoms with Crippen LogP contribution in [0.4, 0.5) is 0 Å². The number of oxazole rings is 1. The number of hydrogen-bond acceptors (Lipinski definition) is 6. The van der Waals surface area contributed by atoms with E-state index in [1.165, 1.54) is 25.7 Å². The zero-order chi connectivity index (χ0) is 13.1. The number of halogens is 2. The Morgan fingerprint density at radius 1 is 1.33 bits per heavy atom. The van der Waals surface area contributed by atoms with Gasteiger partial charge in [-0.25, -0.2) is 9.78 Å². The van der Waals surface area contributed by atoms with Crippen LogP contribution in [0.25, 0.3) is 0 Å². The molecule has 2 rings (SSSR count). The van der Waals surface area contributed by atoms with E-state index in [-0.39, 0.29) is 11.0 Å². The normalized spacial score (nSPS) is 10.4. The van der Waals surface area contributed by atoms with Gasteiger partial charge in [0.1, 0.15) is 0 Å². The SMILES string of the molecule is COC(=O)c1cnc(Sc2c(Cl)cncc2Cl)o1. The molecular formula is C10H6Cl2N2O3S. The van der Waals surface area contributed by atoms with Crippen molar-refractivity contribution in [1.29, 1.82) is 0 Å². The molecule has 0 aromatic carbocycles. The molecule has 0 spiro atoms. The van der Waals surface area contributed by atoms with Gasteiger partial charge in [-0.2, -0.15) is 0 Å². The number of pyridine rings is 1. The minimum atomic E-state index is -0.596. The molecule has 0 saturated heterocycles. The molecule has 0 atom stereocenters. The maximum Gasteiger partial charge on any atom is 0.375 e. The van der Waals surface area contributed by atoms with Crippen molar-refractivity contribution >= 4 is 40.9 Å². The third kappa shape index (κ3) is 2.77. The van der Waals surface area contributed by atoms with E-state index in [0.29, 0.717) is 14.9 Å². The molecule has 18 heavy (non-hydrogen) atoms. The summed E-state index contributed by atoms with van der Waals surface area (Å²) in [5.41, 5.74) is 0. The molecule has 0 radical (unpaired) electrons. The minimum Gasteiger partial charge on any atom is -0.463 e. The largest absolute Gasteiger partial charge is 0.463 e. The lowest BCUT2D eigenvalue weighted by Gasteiger charge is -2.01. The second-order valence-corrected chi connectivity index (χ2v) is 4.79. The van der Waals surface area contributed by atoms with E-state index in [1.54, 1.807) is 0 Å². The van der Waals surface area contributed by atoms with Crippen LogP contribution in [0.3, 0.4) is 0 Å². The van der Waals surface area contributed by atoms with Gasteiger partial charge in [0.05, 0.1) is 28.2 Å². The number of hydrogen-bond donors (Lipinski definition) is 0. The minimum absolute atomic E-state index is 0.0151. The van der Waals surface area contributed by atoms with Crippen LogP contribution in [-0.2, 0) is 4.74 Å². The Balaban J connectivity index is 2.24. The highest BCUT2D eigenvalue weighted by Gasteiger charge is 2.16. The average molecular weight is 305 g/mol. The number of carbonyl (C=O) groups excluding carboxylic acids is 1. The molecule has 0 amide bonds. The molecule has 0 aliphatic heterocycles. The summed E-state index contributed by atoms with van der Waals surface area (Å²) in [7, 11) is 1.26. The molecule has 0 saturated carbocycles. The third-order valence-electron chi connectivity index (χ3n) is 1.87. The van der Waals surface area contributed by atoms with Gasteiger partial charge in [0.15, 0.2) is 0 Å². The first-order valence-electron chi connectivity index (χ1n) is 4.63. The van der Waals surface area contributed by atoms with Gasteiger partial charge in [-0.05, 0) is 11.8 Å². The van der Waals surface area contributed by atoms with Crippen molar-refractivity contribution in [2.75, 3.05) is 7.11 Å². The summed E-state index contributed by atoms with van der Waals surface area (Å²) in [5, 5.41) is 1.00. The molecule has 0 fully saturated rings. The molecule has 0 aliphatic carbocycles. The summed E-state index contributed by atoms with van der Waals surface area (Å²) in [6.07, 6.45) is 4.19. The molecule has 0 unspecified atom stereocenters. The maximum absolute atomic E-state index is 11.2. The van der Waals surface area contributed by atoms with Crippen molar-refractivity contribution in [1.82, 2.24) is 9.97 Å². The van der Waals surface area contributed by atoms with Crippen molar-refractivity contribution < 1.29 is 13.9 Å². The average Bonchev–Trinajstić information content (AvgIpc) is 2.81. The summed E-state index contributed by atoms with van der Waals surface area (Å²) in [5.74, 6) is -0.581. The Morgan fingerprint density at radius 2 is 2.00 bits per heavy atom. The van der Waals surface area contributed by atoms with Gasteiger partial charge in [-0.15, -0.1) is 0 Å². The first-order valence-corrected chi connectivity index (χ1v) is 6.20.